The van der Waals surface area contributed by atoms with Crippen molar-refractivity contribution in [2.45, 2.75) is 43.4 Å². The quantitative estimate of drug-likeness (QED) is 0.436. The number of carbonyl (C=O) groups is 2. The predicted molar refractivity (Wildman–Crippen MR) is 80.0 cm³/mol. The number of hydrogen-bond acceptors (Lipinski definition) is 4. The van der Waals surface area contributed by atoms with Crippen LogP contribution in [0.25, 0.3) is 0 Å². The van der Waals surface area contributed by atoms with Gasteiger partial charge in [-0.2, -0.15) is 39.5 Å². The largest absolute Gasteiger partial charge is 0.490 e. The highest BCUT2D eigenvalue weighted by Crippen LogP contribution is 2.54. The van der Waals surface area contributed by atoms with E-state index in [1.807, 2.05) is 0 Å². The Balaban J connectivity index is 3.02. The Labute approximate surface area is 162 Å². The first kappa shape index (κ1) is 25.4. The lowest BCUT2D eigenvalue weighted by Gasteiger charge is -2.35. The molecule has 0 saturated heterocycles. The average molecular weight is 456 g/mol. The molecular weight excluding hydrogens is 443 g/mol. The molecule has 1 atom stereocenters. The van der Waals surface area contributed by atoms with Crippen LogP contribution in [0.4, 0.5) is 39.5 Å². The fraction of sp³-hybridized carbons (Fsp3) is 0.500. The SMILES string of the molecule is CC(=O)OC(COc1ccc(C(=O)O)cc1)CC(F)(F)C(F)(F)C(F)(F)C(F)(F)F. The molecule has 5 nitrogen and oxygen atoms in total. The van der Waals surface area contributed by atoms with Crippen LogP contribution in [0.15, 0.2) is 24.3 Å². The number of hydrogen-bond donors (Lipinski definition) is 1. The van der Waals surface area contributed by atoms with E-state index >= 15 is 0 Å². The molecule has 0 saturated carbocycles. The van der Waals surface area contributed by atoms with Gasteiger partial charge >= 0.3 is 35.9 Å². The van der Waals surface area contributed by atoms with E-state index < -0.39 is 55.0 Å². The second-order valence-electron chi connectivity index (χ2n) is 5.93. The molecular formula is C16H13F9O5. The highest BCUT2D eigenvalue weighted by atomic mass is 19.4. The van der Waals surface area contributed by atoms with Crippen molar-refractivity contribution < 1.29 is 63.7 Å². The summed E-state index contributed by atoms with van der Waals surface area (Å²) in [7, 11) is 0. The Hall–Kier alpha value is -2.67. The third kappa shape index (κ3) is 5.48. The van der Waals surface area contributed by atoms with Crippen LogP contribution in [0, 0.1) is 0 Å². The number of carbonyl (C=O) groups excluding carboxylic acids is 1. The van der Waals surface area contributed by atoms with Gasteiger partial charge in [-0.1, -0.05) is 0 Å². The van der Waals surface area contributed by atoms with Crippen LogP contribution in [0.2, 0.25) is 0 Å². The molecule has 0 radical (unpaired) electrons. The van der Waals surface area contributed by atoms with E-state index in [0.29, 0.717) is 6.92 Å². The van der Waals surface area contributed by atoms with Crippen LogP contribution in [0.3, 0.4) is 0 Å². The predicted octanol–water partition coefficient (Wildman–Crippen LogP) is 4.55. The van der Waals surface area contributed by atoms with Crippen molar-refractivity contribution in [3.05, 3.63) is 29.8 Å². The first-order chi connectivity index (χ1) is 13.4. The number of esters is 1. The summed E-state index contributed by atoms with van der Waals surface area (Å²) in [4.78, 5) is 21.7. The Bertz CT molecular complexity index is 759. The number of halogens is 9. The molecule has 170 valence electrons. The van der Waals surface area contributed by atoms with Gasteiger partial charge in [0, 0.05) is 6.92 Å². The van der Waals surface area contributed by atoms with Crippen molar-refractivity contribution >= 4 is 11.9 Å². The first-order valence-corrected chi connectivity index (χ1v) is 7.76. The lowest BCUT2D eigenvalue weighted by atomic mass is 9.98. The molecule has 0 heterocycles. The fourth-order valence-corrected chi connectivity index (χ4v) is 2.07. The molecule has 1 rings (SSSR count). The van der Waals surface area contributed by atoms with E-state index in [2.05, 4.69) is 4.74 Å². The summed E-state index contributed by atoms with van der Waals surface area (Å²) < 4.78 is 126. The molecule has 1 unspecified atom stereocenters. The van der Waals surface area contributed by atoms with Crippen LogP contribution in [0.5, 0.6) is 5.75 Å². The monoisotopic (exact) mass is 456 g/mol. The summed E-state index contributed by atoms with van der Waals surface area (Å²) in [6.07, 6.45) is -11.7. The van der Waals surface area contributed by atoms with E-state index in [1.165, 1.54) is 0 Å². The Kier molecular flexibility index (Phi) is 7.27. The minimum absolute atomic E-state index is 0.209. The van der Waals surface area contributed by atoms with Crippen LogP contribution in [0.1, 0.15) is 23.7 Å². The first-order valence-electron chi connectivity index (χ1n) is 7.76. The van der Waals surface area contributed by atoms with E-state index in [4.69, 9.17) is 9.84 Å². The Morgan fingerprint density at radius 1 is 0.933 bits per heavy atom. The zero-order valence-electron chi connectivity index (χ0n) is 14.8. The summed E-state index contributed by atoms with van der Waals surface area (Å²) in [5.74, 6) is -22.8. The fourth-order valence-electron chi connectivity index (χ4n) is 2.07. The summed E-state index contributed by atoms with van der Waals surface area (Å²) >= 11 is 0. The molecule has 0 aliphatic carbocycles. The van der Waals surface area contributed by atoms with Gasteiger partial charge in [-0.15, -0.1) is 0 Å². The maximum Gasteiger partial charge on any atom is 0.460 e. The molecule has 14 heteroatoms. The van der Waals surface area contributed by atoms with E-state index in [-0.39, 0.29) is 11.3 Å². The van der Waals surface area contributed by atoms with Gasteiger partial charge in [0.15, 0.2) is 0 Å². The number of carboxylic acid groups (broad SMARTS) is 1. The zero-order valence-corrected chi connectivity index (χ0v) is 14.8. The molecule has 0 amide bonds. The topological polar surface area (TPSA) is 72.8 Å². The van der Waals surface area contributed by atoms with E-state index in [0.717, 1.165) is 24.3 Å². The normalized spacial score (nSPS) is 14.2. The van der Waals surface area contributed by atoms with Gasteiger partial charge in [0.05, 0.1) is 12.0 Å². The van der Waals surface area contributed by atoms with Crippen LogP contribution < -0.4 is 4.74 Å². The van der Waals surface area contributed by atoms with Gasteiger partial charge in [-0.3, -0.25) is 4.79 Å². The minimum atomic E-state index is -7.07. The molecule has 0 aliphatic rings. The van der Waals surface area contributed by atoms with Crippen molar-refractivity contribution in [2.24, 2.45) is 0 Å². The summed E-state index contributed by atoms with van der Waals surface area (Å²) in [5.41, 5.74) is -0.209. The number of rotatable bonds is 9. The molecule has 1 aromatic carbocycles. The number of alkyl halides is 9. The standard InChI is InChI=1S/C16H13F9O5/c1-8(26)30-11(7-29-10-4-2-9(3-5-10)12(27)28)6-13(17,18)14(19,20)15(21,22)16(23,24)25/h2-5,11H,6-7H2,1H3,(H,27,28). The Morgan fingerprint density at radius 2 is 1.43 bits per heavy atom. The van der Waals surface area contributed by atoms with Crippen molar-refractivity contribution in [3.63, 3.8) is 0 Å². The van der Waals surface area contributed by atoms with Gasteiger partial charge in [0.2, 0.25) is 0 Å². The van der Waals surface area contributed by atoms with Gasteiger partial charge in [-0.05, 0) is 24.3 Å². The summed E-state index contributed by atoms with van der Waals surface area (Å²) in [6.45, 7) is -0.482. The smallest absolute Gasteiger partial charge is 0.460 e. The van der Waals surface area contributed by atoms with E-state index in [9.17, 15) is 49.1 Å². The lowest BCUT2D eigenvalue weighted by Crippen LogP contribution is -2.61. The molecule has 0 aromatic heterocycles. The van der Waals surface area contributed by atoms with Gasteiger partial charge in [0.25, 0.3) is 0 Å². The second kappa shape index (κ2) is 8.60. The molecule has 0 bridgehead atoms. The van der Waals surface area contributed by atoms with Crippen molar-refractivity contribution in [1.82, 2.24) is 0 Å². The molecule has 0 fully saturated rings. The molecule has 0 aliphatic heterocycles. The Morgan fingerprint density at radius 3 is 1.83 bits per heavy atom. The molecule has 30 heavy (non-hydrogen) atoms. The average Bonchev–Trinajstić information content (AvgIpc) is 2.58. The van der Waals surface area contributed by atoms with Crippen LogP contribution in [-0.4, -0.2) is 53.7 Å². The number of ether oxygens (including phenoxy) is 2. The third-order valence-corrected chi connectivity index (χ3v) is 3.56. The molecule has 0 spiro atoms. The maximum atomic E-state index is 13.8. The van der Waals surface area contributed by atoms with E-state index in [1.54, 1.807) is 0 Å². The van der Waals surface area contributed by atoms with Crippen molar-refractivity contribution in [1.29, 1.82) is 0 Å². The van der Waals surface area contributed by atoms with Gasteiger partial charge in [-0.25, -0.2) is 4.79 Å². The summed E-state index contributed by atoms with van der Waals surface area (Å²) in [6, 6.07) is 4.04. The van der Waals surface area contributed by atoms with Gasteiger partial charge < -0.3 is 14.6 Å². The highest BCUT2D eigenvalue weighted by Gasteiger charge is 2.81. The number of aromatic carboxylic acids is 1. The number of carboxylic acids is 1. The van der Waals surface area contributed by atoms with Gasteiger partial charge in [0.1, 0.15) is 18.5 Å². The van der Waals surface area contributed by atoms with Crippen LogP contribution in [-0.2, 0) is 9.53 Å². The van der Waals surface area contributed by atoms with Crippen molar-refractivity contribution in [3.8, 4) is 5.75 Å². The lowest BCUT2D eigenvalue weighted by molar-refractivity contribution is -0.398. The third-order valence-electron chi connectivity index (χ3n) is 3.56. The number of benzene rings is 1. The zero-order chi connectivity index (χ0) is 23.5. The molecule has 1 aromatic rings. The highest BCUT2D eigenvalue weighted by molar-refractivity contribution is 5.87. The van der Waals surface area contributed by atoms with Crippen LogP contribution >= 0.6 is 0 Å². The second-order valence-corrected chi connectivity index (χ2v) is 5.93. The maximum absolute atomic E-state index is 13.8. The minimum Gasteiger partial charge on any atom is -0.490 e. The molecule has 1 N–H and O–H groups in total. The summed E-state index contributed by atoms with van der Waals surface area (Å²) in [5, 5.41) is 8.73. The van der Waals surface area contributed by atoms with Crippen molar-refractivity contribution in [2.75, 3.05) is 6.61 Å².